The molecule has 0 radical (unpaired) electrons. The summed E-state index contributed by atoms with van der Waals surface area (Å²) in [5.41, 5.74) is 2.76. The molecule has 19 heavy (non-hydrogen) atoms. The van der Waals surface area contributed by atoms with Crippen molar-refractivity contribution in [1.82, 2.24) is 5.32 Å². The molecule has 1 N–H and O–H groups in total. The van der Waals surface area contributed by atoms with Crippen LogP contribution in [0.4, 0.5) is 5.69 Å². The number of hydrogen-bond acceptors (Lipinski definition) is 2. The number of anilines is 1. The zero-order valence-electron chi connectivity index (χ0n) is 12.2. The van der Waals surface area contributed by atoms with Gasteiger partial charge in [0.1, 0.15) is 0 Å². The van der Waals surface area contributed by atoms with Crippen LogP contribution < -0.4 is 10.2 Å². The Morgan fingerprint density at radius 2 is 1.95 bits per heavy atom. The third-order valence-corrected chi connectivity index (χ3v) is 3.77. The van der Waals surface area contributed by atoms with Crippen LogP contribution in [0.3, 0.4) is 0 Å². The summed E-state index contributed by atoms with van der Waals surface area (Å²) in [5.74, 6) is 0. The zero-order valence-corrected chi connectivity index (χ0v) is 12.2. The van der Waals surface area contributed by atoms with E-state index in [0.29, 0.717) is 6.04 Å². The van der Waals surface area contributed by atoms with E-state index in [1.807, 2.05) is 0 Å². The van der Waals surface area contributed by atoms with Gasteiger partial charge in [0.15, 0.2) is 0 Å². The van der Waals surface area contributed by atoms with Crippen molar-refractivity contribution in [3.63, 3.8) is 0 Å². The van der Waals surface area contributed by atoms with Crippen molar-refractivity contribution in [3.05, 3.63) is 42.0 Å². The van der Waals surface area contributed by atoms with Gasteiger partial charge in [0.2, 0.25) is 0 Å². The number of benzene rings is 1. The summed E-state index contributed by atoms with van der Waals surface area (Å²) >= 11 is 0. The minimum atomic E-state index is 0.496. The minimum absolute atomic E-state index is 0.496. The molecular formula is C17H26N2. The Morgan fingerprint density at radius 3 is 2.53 bits per heavy atom. The topological polar surface area (TPSA) is 15.3 Å². The normalized spacial score (nSPS) is 16.6. The molecule has 0 fully saturated rings. The molecule has 1 aromatic carbocycles. The SMILES string of the molecule is CCCNC(CC)c1ccc(N2CC=CCC2)cc1. The van der Waals surface area contributed by atoms with Crippen LogP contribution in [0.25, 0.3) is 0 Å². The van der Waals surface area contributed by atoms with E-state index in [1.165, 1.54) is 17.7 Å². The van der Waals surface area contributed by atoms with Crippen molar-refractivity contribution in [2.24, 2.45) is 0 Å². The lowest BCUT2D eigenvalue weighted by molar-refractivity contribution is 0.518. The van der Waals surface area contributed by atoms with Gasteiger partial charge in [-0.05, 0) is 43.5 Å². The number of hydrogen-bond donors (Lipinski definition) is 1. The standard InChI is InChI=1S/C17H26N2/c1-3-12-18-17(4-2)15-8-10-16(11-9-15)19-13-6-5-7-14-19/h5-6,8-11,17-18H,3-4,7,12-14H2,1-2H3. The van der Waals surface area contributed by atoms with Gasteiger partial charge in [-0.2, -0.15) is 0 Å². The average molecular weight is 258 g/mol. The van der Waals surface area contributed by atoms with Crippen molar-refractivity contribution in [3.8, 4) is 0 Å². The molecule has 2 nitrogen and oxygen atoms in total. The molecule has 0 aliphatic carbocycles. The van der Waals surface area contributed by atoms with Crippen LogP contribution in [-0.4, -0.2) is 19.6 Å². The summed E-state index contributed by atoms with van der Waals surface area (Å²) in [7, 11) is 0. The number of nitrogens with one attached hydrogen (secondary N) is 1. The van der Waals surface area contributed by atoms with E-state index < -0.39 is 0 Å². The van der Waals surface area contributed by atoms with Crippen LogP contribution in [0.15, 0.2) is 36.4 Å². The third-order valence-electron chi connectivity index (χ3n) is 3.77. The maximum Gasteiger partial charge on any atom is 0.0369 e. The molecule has 1 aliphatic heterocycles. The Balaban J connectivity index is 2.02. The first-order valence-corrected chi connectivity index (χ1v) is 7.58. The highest BCUT2D eigenvalue weighted by molar-refractivity contribution is 5.49. The smallest absolute Gasteiger partial charge is 0.0369 e. The second-order valence-corrected chi connectivity index (χ2v) is 5.21. The second-order valence-electron chi connectivity index (χ2n) is 5.21. The fourth-order valence-electron chi connectivity index (χ4n) is 2.61. The second kappa shape index (κ2) is 7.34. The molecule has 0 saturated heterocycles. The molecule has 1 unspecified atom stereocenters. The van der Waals surface area contributed by atoms with Gasteiger partial charge in [0, 0.05) is 24.8 Å². The first-order chi connectivity index (χ1) is 9.35. The summed E-state index contributed by atoms with van der Waals surface area (Å²) < 4.78 is 0. The van der Waals surface area contributed by atoms with Gasteiger partial charge in [-0.3, -0.25) is 0 Å². The maximum atomic E-state index is 3.61. The molecule has 0 bridgehead atoms. The Morgan fingerprint density at radius 1 is 1.16 bits per heavy atom. The van der Waals surface area contributed by atoms with Crippen molar-refractivity contribution in [1.29, 1.82) is 0 Å². The van der Waals surface area contributed by atoms with Crippen molar-refractivity contribution in [2.45, 2.75) is 39.2 Å². The summed E-state index contributed by atoms with van der Waals surface area (Å²) in [6.45, 7) is 7.74. The Labute approximate surface area is 117 Å². The largest absolute Gasteiger partial charge is 0.368 e. The van der Waals surface area contributed by atoms with Crippen LogP contribution in [0.1, 0.15) is 44.7 Å². The monoisotopic (exact) mass is 258 g/mol. The highest BCUT2D eigenvalue weighted by Gasteiger charge is 2.10. The highest BCUT2D eigenvalue weighted by atomic mass is 15.1. The third kappa shape index (κ3) is 3.84. The van der Waals surface area contributed by atoms with Gasteiger partial charge >= 0.3 is 0 Å². The molecule has 2 rings (SSSR count). The first-order valence-electron chi connectivity index (χ1n) is 7.58. The highest BCUT2D eigenvalue weighted by Crippen LogP contribution is 2.22. The fourth-order valence-corrected chi connectivity index (χ4v) is 2.61. The van der Waals surface area contributed by atoms with Crippen LogP contribution in [0, 0.1) is 0 Å². The van der Waals surface area contributed by atoms with E-state index in [-0.39, 0.29) is 0 Å². The molecular weight excluding hydrogens is 232 g/mol. The lowest BCUT2D eigenvalue weighted by atomic mass is 10.0. The fraction of sp³-hybridized carbons (Fsp3) is 0.529. The van der Waals surface area contributed by atoms with Gasteiger partial charge in [-0.15, -0.1) is 0 Å². The van der Waals surface area contributed by atoms with E-state index >= 15 is 0 Å². The van der Waals surface area contributed by atoms with Gasteiger partial charge in [0.05, 0.1) is 0 Å². The van der Waals surface area contributed by atoms with Crippen molar-refractivity contribution >= 4 is 5.69 Å². The molecule has 0 aromatic heterocycles. The number of rotatable bonds is 6. The molecule has 1 heterocycles. The molecule has 0 saturated carbocycles. The van der Waals surface area contributed by atoms with Crippen molar-refractivity contribution < 1.29 is 0 Å². The van der Waals surface area contributed by atoms with Crippen LogP contribution in [-0.2, 0) is 0 Å². The lowest BCUT2D eigenvalue weighted by Crippen LogP contribution is -2.26. The van der Waals surface area contributed by atoms with Gasteiger partial charge in [0.25, 0.3) is 0 Å². The summed E-state index contributed by atoms with van der Waals surface area (Å²) in [6, 6.07) is 9.60. The Kier molecular flexibility index (Phi) is 5.46. The Bertz CT molecular complexity index is 394. The Hall–Kier alpha value is -1.28. The lowest BCUT2D eigenvalue weighted by Gasteiger charge is -2.26. The summed E-state index contributed by atoms with van der Waals surface area (Å²) in [5, 5.41) is 3.61. The van der Waals surface area contributed by atoms with E-state index in [2.05, 4.69) is 60.5 Å². The maximum absolute atomic E-state index is 3.61. The predicted molar refractivity (Wildman–Crippen MR) is 83.7 cm³/mol. The van der Waals surface area contributed by atoms with Gasteiger partial charge in [-0.25, -0.2) is 0 Å². The molecule has 104 valence electrons. The van der Waals surface area contributed by atoms with Crippen LogP contribution in [0.2, 0.25) is 0 Å². The van der Waals surface area contributed by atoms with E-state index in [0.717, 1.165) is 32.5 Å². The average Bonchev–Trinajstić information content (AvgIpc) is 2.49. The van der Waals surface area contributed by atoms with Crippen LogP contribution >= 0.6 is 0 Å². The van der Waals surface area contributed by atoms with E-state index in [4.69, 9.17) is 0 Å². The van der Waals surface area contributed by atoms with E-state index in [1.54, 1.807) is 0 Å². The molecule has 1 aliphatic rings. The first kappa shape index (κ1) is 14.1. The molecule has 0 amide bonds. The zero-order chi connectivity index (χ0) is 13.5. The van der Waals surface area contributed by atoms with E-state index in [9.17, 15) is 0 Å². The number of nitrogens with zero attached hydrogens (tertiary/aromatic N) is 1. The van der Waals surface area contributed by atoms with Crippen LogP contribution in [0.5, 0.6) is 0 Å². The molecule has 2 heteroatoms. The molecule has 0 spiro atoms. The summed E-state index contributed by atoms with van der Waals surface area (Å²) in [4.78, 5) is 2.43. The van der Waals surface area contributed by atoms with Crippen molar-refractivity contribution in [2.75, 3.05) is 24.5 Å². The van der Waals surface area contributed by atoms with Gasteiger partial charge in [-0.1, -0.05) is 38.1 Å². The summed E-state index contributed by atoms with van der Waals surface area (Å²) in [6.07, 6.45) is 8.03. The minimum Gasteiger partial charge on any atom is -0.368 e. The predicted octanol–water partition coefficient (Wildman–Crippen LogP) is 3.90. The quantitative estimate of drug-likeness (QED) is 0.778. The molecule has 1 aromatic rings. The molecule has 1 atom stereocenters. The van der Waals surface area contributed by atoms with Gasteiger partial charge < -0.3 is 10.2 Å².